The number of carbonyl (C=O) groups is 3. The molecule has 2 aliphatic carbocycles. The monoisotopic (exact) mass is 491 g/mol. The Morgan fingerprint density at radius 2 is 1.58 bits per heavy atom. The van der Waals surface area contributed by atoms with Crippen molar-refractivity contribution in [3.05, 3.63) is 71.8 Å². The SMILES string of the molecule is O=C(NN=C1C[C@@H](O)[C@@H](O)[C@@H]2[C@@H]3C(=O)N(Cc4ccccc4)C(=O)[C@@H]3CC[C@@H]12)OCc1ccccc1. The minimum atomic E-state index is -1.17. The topological polar surface area (TPSA) is 129 Å². The number of fused-ring (bicyclic) bond motifs is 3. The molecule has 1 saturated heterocycles. The molecule has 1 aliphatic heterocycles. The third kappa shape index (κ3) is 4.64. The number of hydrazone groups is 1. The average Bonchev–Trinajstić information content (AvgIpc) is 3.14. The zero-order valence-corrected chi connectivity index (χ0v) is 19.7. The molecule has 1 heterocycles. The number of carbonyl (C=O) groups excluding carboxylic acids is 3. The van der Waals surface area contributed by atoms with Crippen LogP contribution in [0.25, 0.3) is 0 Å². The molecule has 6 atom stereocenters. The molecule has 36 heavy (non-hydrogen) atoms. The average molecular weight is 492 g/mol. The highest BCUT2D eigenvalue weighted by Gasteiger charge is 2.59. The normalized spacial score (nSPS) is 30.6. The molecule has 2 aromatic rings. The van der Waals surface area contributed by atoms with Crippen LogP contribution in [0.2, 0.25) is 0 Å². The number of likely N-dealkylation sites (tertiary alicyclic amines) is 1. The zero-order chi connectivity index (χ0) is 25.2. The molecule has 9 nitrogen and oxygen atoms in total. The number of aliphatic hydroxyl groups is 2. The van der Waals surface area contributed by atoms with Gasteiger partial charge in [-0.1, -0.05) is 60.7 Å². The van der Waals surface area contributed by atoms with E-state index in [9.17, 15) is 24.6 Å². The van der Waals surface area contributed by atoms with Gasteiger partial charge < -0.3 is 14.9 Å². The Morgan fingerprint density at radius 3 is 2.28 bits per heavy atom. The van der Waals surface area contributed by atoms with E-state index in [0.717, 1.165) is 11.1 Å². The highest BCUT2D eigenvalue weighted by atomic mass is 16.6. The van der Waals surface area contributed by atoms with Gasteiger partial charge in [0.25, 0.3) is 0 Å². The van der Waals surface area contributed by atoms with Crippen molar-refractivity contribution in [1.82, 2.24) is 10.3 Å². The Labute approximate surface area is 208 Å². The summed E-state index contributed by atoms with van der Waals surface area (Å²) in [7, 11) is 0. The number of hydrogen-bond acceptors (Lipinski definition) is 7. The number of rotatable bonds is 5. The molecule has 0 bridgehead atoms. The molecule has 3 aliphatic rings. The van der Waals surface area contributed by atoms with Gasteiger partial charge in [-0.15, -0.1) is 0 Å². The maximum atomic E-state index is 13.4. The number of ether oxygens (including phenoxy) is 1. The summed E-state index contributed by atoms with van der Waals surface area (Å²) in [6.07, 6.45) is -2.00. The molecule has 3 N–H and O–H groups in total. The molecule has 0 aromatic heterocycles. The van der Waals surface area contributed by atoms with Gasteiger partial charge in [-0.05, 0) is 24.0 Å². The van der Waals surface area contributed by atoms with Crippen molar-refractivity contribution in [3.8, 4) is 0 Å². The summed E-state index contributed by atoms with van der Waals surface area (Å²) in [4.78, 5) is 40.1. The highest BCUT2D eigenvalue weighted by molar-refractivity contribution is 6.06. The number of nitrogens with one attached hydrogen (secondary N) is 1. The predicted octanol–water partition coefficient (Wildman–Crippen LogP) is 2.22. The second-order valence-corrected chi connectivity index (χ2v) is 9.68. The molecular weight excluding hydrogens is 462 g/mol. The molecule has 2 saturated carbocycles. The molecular formula is C27H29N3O6. The molecule has 3 amide bonds. The molecule has 3 fully saturated rings. The molecule has 0 radical (unpaired) electrons. The van der Waals surface area contributed by atoms with Crippen LogP contribution in [-0.4, -0.2) is 50.9 Å². The number of amides is 3. The first kappa shape index (κ1) is 24.1. The molecule has 2 aromatic carbocycles. The predicted molar refractivity (Wildman–Crippen MR) is 129 cm³/mol. The van der Waals surface area contributed by atoms with Crippen molar-refractivity contribution in [3.63, 3.8) is 0 Å². The first-order chi connectivity index (χ1) is 17.4. The van der Waals surface area contributed by atoms with Gasteiger partial charge in [0.15, 0.2) is 0 Å². The molecule has 5 rings (SSSR count). The van der Waals surface area contributed by atoms with Crippen LogP contribution < -0.4 is 5.43 Å². The first-order valence-electron chi connectivity index (χ1n) is 12.2. The lowest BCUT2D eigenvalue weighted by Crippen LogP contribution is -2.55. The fourth-order valence-corrected chi connectivity index (χ4v) is 5.86. The number of benzene rings is 2. The molecule has 0 unspecified atom stereocenters. The maximum absolute atomic E-state index is 13.4. The van der Waals surface area contributed by atoms with E-state index in [1.807, 2.05) is 60.7 Å². The van der Waals surface area contributed by atoms with Crippen LogP contribution >= 0.6 is 0 Å². The summed E-state index contributed by atoms with van der Waals surface area (Å²) in [6.45, 7) is 0.264. The summed E-state index contributed by atoms with van der Waals surface area (Å²) in [6, 6.07) is 18.5. The lowest BCUT2D eigenvalue weighted by Gasteiger charge is -2.45. The van der Waals surface area contributed by atoms with E-state index in [1.165, 1.54) is 4.90 Å². The Hall–Kier alpha value is -3.56. The van der Waals surface area contributed by atoms with Crippen molar-refractivity contribution >= 4 is 23.6 Å². The zero-order valence-electron chi connectivity index (χ0n) is 19.7. The molecule has 0 spiro atoms. The first-order valence-corrected chi connectivity index (χ1v) is 12.2. The van der Waals surface area contributed by atoms with Crippen LogP contribution in [0.3, 0.4) is 0 Å². The fraction of sp³-hybridized carbons (Fsp3) is 0.407. The van der Waals surface area contributed by atoms with Gasteiger partial charge in [-0.2, -0.15) is 5.10 Å². The van der Waals surface area contributed by atoms with E-state index in [1.54, 1.807) is 0 Å². The van der Waals surface area contributed by atoms with Crippen molar-refractivity contribution in [2.24, 2.45) is 28.8 Å². The van der Waals surface area contributed by atoms with Crippen molar-refractivity contribution in [1.29, 1.82) is 0 Å². The third-order valence-electron chi connectivity index (χ3n) is 7.56. The van der Waals surface area contributed by atoms with Crippen molar-refractivity contribution < 1.29 is 29.3 Å². The summed E-state index contributed by atoms with van der Waals surface area (Å²) >= 11 is 0. The minimum absolute atomic E-state index is 0.0640. The van der Waals surface area contributed by atoms with Gasteiger partial charge in [0.2, 0.25) is 11.8 Å². The van der Waals surface area contributed by atoms with E-state index >= 15 is 0 Å². The van der Waals surface area contributed by atoms with E-state index < -0.39 is 36.1 Å². The van der Waals surface area contributed by atoms with Crippen molar-refractivity contribution in [2.45, 2.75) is 44.6 Å². The summed E-state index contributed by atoms with van der Waals surface area (Å²) in [5, 5.41) is 25.7. The third-order valence-corrected chi connectivity index (χ3v) is 7.56. The van der Waals surface area contributed by atoms with Gasteiger partial charge in [-0.25, -0.2) is 10.2 Å². The smallest absolute Gasteiger partial charge is 0.428 e. The van der Waals surface area contributed by atoms with Crippen LogP contribution in [0.5, 0.6) is 0 Å². The van der Waals surface area contributed by atoms with Crippen molar-refractivity contribution in [2.75, 3.05) is 0 Å². The van der Waals surface area contributed by atoms with Gasteiger partial charge in [0.1, 0.15) is 6.61 Å². The van der Waals surface area contributed by atoms with Crippen LogP contribution in [-0.2, 0) is 27.5 Å². The van der Waals surface area contributed by atoms with Crippen LogP contribution in [0.15, 0.2) is 65.8 Å². The number of imide groups is 1. The van der Waals surface area contributed by atoms with E-state index in [0.29, 0.717) is 18.6 Å². The second-order valence-electron chi connectivity index (χ2n) is 9.68. The fourth-order valence-electron chi connectivity index (χ4n) is 5.86. The summed E-state index contributed by atoms with van der Waals surface area (Å²) < 4.78 is 5.20. The van der Waals surface area contributed by atoms with Gasteiger partial charge in [0, 0.05) is 24.0 Å². The number of hydrogen-bond donors (Lipinski definition) is 3. The Kier molecular flexibility index (Phi) is 6.84. The minimum Gasteiger partial charge on any atom is -0.443 e. The highest BCUT2D eigenvalue weighted by Crippen LogP contribution is 2.49. The number of aliphatic hydroxyl groups excluding tert-OH is 2. The second kappa shape index (κ2) is 10.2. The summed E-state index contributed by atoms with van der Waals surface area (Å²) in [5.41, 5.74) is 4.56. The van der Waals surface area contributed by atoms with Gasteiger partial charge in [0.05, 0.1) is 30.6 Å². The Balaban J connectivity index is 1.31. The van der Waals surface area contributed by atoms with Crippen LogP contribution in [0, 0.1) is 23.7 Å². The molecule has 9 heteroatoms. The van der Waals surface area contributed by atoms with Crippen LogP contribution in [0.1, 0.15) is 30.4 Å². The van der Waals surface area contributed by atoms with E-state index in [4.69, 9.17) is 4.74 Å². The lowest BCUT2D eigenvalue weighted by molar-refractivity contribution is -0.142. The Morgan fingerprint density at radius 1 is 0.944 bits per heavy atom. The quantitative estimate of drug-likeness (QED) is 0.435. The van der Waals surface area contributed by atoms with Gasteiger partial charge >= 0.3 is 6.09 Å². The Bertz CT molecular complexity index is 1150. The largest absolute Gasteiger partial charge is 0.443 e. The standard InChI is InChI=1S/C27H29N3O6/c31-21-13-20(28-29-27(35)36-15-17-9-5-2-6-10-17)18-11-12-19-23(22(18)24(21)32)26(34)30(25(19)33)14-16-7-3-1-4-8-16/h1-10,18-19,21-24,31-32H,11-15H2,(H,29,35)/t18-,19+,21+,22-,23+,24+/m0/s1. The lowest BCUT2D eigenvalue weighted by atomic mass is 9.60. The van der Waals surface area contributed by atoms with E-state index in [2.05, 4.69) is 10.5 Å². The number of nitrogens with zero attached hydrogens (tertiary/aromatic N) is 2. The van der Waals surface area contributed by atoms with Gasteiger partial charge in [-0.3, -0.25) is 14.5 Å². The molecule has 188 valence electrons. The maximum Gasteiger partial charge on any atom is 0.428 e. The summed E-state index contributed by atoms with van der Waals surface area (Å²) in [5.74, 6) is -2.84. The van der Waals surface area contributed by atoms with Crippen LogP contribution in [0.4, 0.5) is 4.79 Å². The van der Waals surface area contributed by atoms with E-state index in [-0.39, 0.29) is 37.3 Å².